The number of nitrogens with one attached hydrogen (secondary N) is 2. The number of pyridine rings is 1. The third-order valence-corrected chi connectivity index (χ3v) is 4.65. The summed E-state index contributed by atoms with van der Waals surface area (Å²) in [5, 5.41) is 0. The van der Waals surface area contributed by atoms with Gasteiger partial charge < -0.3 is 14.9 Å². The van der Waals surface area contributed by atoms with E-state index < -0.39 is 0 Å². The molecule has 0 bridgehead atoms. The second kappa shape index (κ2) is 6.20. The number of H-pyrrole nitrogens is 2. The van der Waals surface area contributed by atoms with Crippen molar-refractivity contribution in [3.05, 3.63) is 63.8 Å². The van der Waals surface area contributed by atoms with Gasteiger partial charge in [-0.2, -0.15) is 0 Å². The average Bonchev–Trinajstić information content (AvgIpc) is 3.38. The Bertz CT molecular complexity index is 951. The highest BCUT2D eigenvalue weighted by Crippen LogP contribution is 2.38. The van der Waals surface area contributed by atoms with Gasteiger partial charge in [0, 0.05) is 25.7 Å². The van der Waals surface area contributed by atoms with Gasteiger partial charge in [0.25, 0.3) is 11.5 Å². The molecule has 1 saturated carbocycles. The Morgan fingerprint density at radius 3 is 2.72 bits per heavy atom. The van der Waals surface area contributed by atoms with Crippen LogP contribution in [-0.4, -0.2) is 39.4 Å². The largest absolute Gasteiger partial charge is 0.342 e. The number of benzene rings is 1. The Morgan fingerprint density at radius 2 is 2.00 bits per heavy atom. The van der Waals surface area contributed by atoms with E-state index in [9.17, 15) is 9.59 Å². The van der Waals surface area contributed by atoms with Crippen molar-refractivity contribution in [1.82, 2.24) is 19.9 Å². The lowest BCUT2D eigenvalue weighted by molar-refractivity contribution is 0.0794. The van der Waals surface area contributed by atoms with E-state index in [1.54, 1.807) is 18.0 Å². The molecule has 1 aliphatic carbocycles. The van der Waals surface area contributed by atoms with E-state index in [4.69, 9.17) is 0 Å². The van der Waals surface area contributed by atoms with Crippen LogP contribution >= 0.6 is 0 Å². The van der Waals surface area contributed by atoms with Crippen molar-refractivity contribution in [3.8, 4) is 0 Å². The Balaban J connectivity index is 1.44. The number of hydrogen-bond donors (Lipinski definition) is 2. The van der Waals surface area contributed by atoms with Crippen LogP contribution in [0.2, 0.25) is 0 Å². The van der Waals surface area contributed by atoms with E-state index in [-0.39, 0.29) is 17.0 Å². The molecule has 0 radical (unpaired) electrons. The third kappa shape index (κ3) is 3.20. The maximum Gasteiger partial charge on any atom is 0.261 e. The minimum absolute atomic E-state index is 0.191. The number of hydrogen-bond acceptors (Lipinski definition) is 3. The number of aromatic nitrogens is 3. The zero-order valence-electron chi connectivity index (χ0n) is 14.1. The summed E-state index contributed by atoms with van der Waals surface area (Å²) >= 11 is 0. The van der Waals surface area contributed by atoms with Crippen molar-refractivity contribution in [2.24, 2.45) is 0 Å². The van der Waals surface area contributed by atoms with Gasteiger partial charge in [0.2, 0.25) is 0 Å². The van der Waals surface area contributed by atoms with Crippen molar-refractivity contribution < 1.29 is 4.79 Å². The molecule has 0 atom stereocenters. The molecule has 1 amide bonds. The molecular weight excluding hydrogens is 316 g/mol. The van der Waals surface area contributed by atoms with Crippen LogP contribution in [-0.2, 0) is 6.42 Å². The monoisotopic (exact) mass is 336 g/mol. The maximum atomic E-state index is 12.5. The van der Waals surface area contributed by atoms with Crippen LogP contribution in [0.1, 0.15) is 40.6 Å². The topological polar surface area (TPSA) is 81.8 Å². The number of imidazole rings is 1. The van der Waals surface area contributed by atoms with Crippen LogP contribution in [0.15, 0.2) is 41.2 Å². The number of rotatable bonds is 5. The summed E-state index contributed by atoms with van der Waals surface area (Å²) in [6.45, 7) is 0.489. The number of amides is 1. The fourth-order valence-electron chi connectivity index (χ4n) is 2.99. The average molecular weight is 336 g/mol. The molecule has 2 aromatic heterocycles. The molecule has 1 aromatic carbocycles. The first-order valence-electron chi connectivity index (χ1n) is 8.54. The predicted molar refractivity (Wildman–Crippen MR) is 95.8 cm³/mol. The summed E-state index contributed by atoms with van der Waals surface area (Å²) in [6, 6.07) is 11.3. The number of para-hydroxylation sites is 2. The van der Waals surface area contributed by atoms with Gasteiger partial charge in [0.15, 0.2) is 0 Å². The lowest BCUT2D eigenvalue weighted by Gasteiger charge is -2.16. The second-order valence-corrected chi connectivity index (χ2v) is 6.61. The normalized spacial score (nSPS) is 14.0. The van der Waals surface area contributed by atoms with Gasteiger partial charge in [-0.1, -0.05) is 12.1 Å². The van der Waals surface area contributed by atoms with Gasteiger partial charge in [-0.3, -0.25) is 9.59 Å². The first-order chi connectivity index (χ1) is 12.1. The first kappa shape index (κ1) is 15.6. The molecule has 128 valence electrons. The third-order valence-electron chi connectivity index (χ3n) is 4.65. The maximum absolute atomic E-state index is 12.5. The SMILES string of the molecule is CN(CCc1nc2ccccc2[nH]1)C(=O)c1ccc(C2CC2)[nH]c1=O. The summed E-state index contributed by atoms with van der Waals surface area (Å²) in [4.78, 5) is 36.9. The fourth-order valence-corrected chi connectivity index (χ4v) is 2.99. The standard InChI is InChI=1S/C19H20N4O2/c1-23(11-10-17-20-15-4-2-3-5-16(15)21-17)19(25)13-8-9-14(12-6-7-12)22-18(13)24/h2-5,8-9,12H,6-7,10-11H2,1H3,(H,20,21)(H,22,24). The Kier molecular flexibility index (Phi) is 3.87. The molecule has 0 spiro atoms. The highest BCUT2D eigenvalue weighted by Gasteiger charge is 2.25. The van der Waals surface area contributed by atoms with Gasteiger partial charge in [-0.25, -0.2) is 4.98 Å². The molecule has 0 aliphatic heterocycles. The highest BCUT2D eigenvalue weighted by molar-refractivity contribution is 5.93. The molecular formula is C19H20N4O2. The predicted octanol–water partition coefficient (Wildman–Crippen LogP) is 2.44. The lowest BCUT2D eigenvalue weighted by atomic mass is 10.2. The minimum Gasteiger partial charge on any atom is -0.342 e. The minimum atomic E-state index is -0.301. The van der Waals surface area contributed by atoms with Crippen molar-refractivity contribution in [2.45, 2.75) is 25.2 Å². The van der Waals surface area contributed by atoms with Gasteiger partial charge in [0.1, 0.15) is 11.4 Å². The van der Waals surface area contributed by atoms with Gasteiger partial charge in [-0.15, -0.1) is 0 Å². The van der Waals surface area contributed by atoms with Crippen LogP contribution < -0.4 is 5.56 Å². The first-order valence-corrected chi connectivity index (χ1v) is 8.54. The molecule has 6 nitrogen and oxygen atoms in total. The van der Waals surface area contributed by atoms with Gasteiger partial charge in [0.05, 0.1) is 11.0 Å². The summed E-state index contributed by atoms with van der Waals surface area (Å²) < 4.78 is 0. The molecule has 2 heterocycles. The molecule has 4 rings (SSSR count). The number of carbonyl (C=O) groups is 1. The molecule has 1 aliphatic rings. The van der Waals surface area contributed by atoms with Crippen LogP contribution in [0, 0.1) is 0 Å². The number of carbonyl (C=O) groups excluding carboxylic acids is 1. The second-order valence-electron chi connectivity index (χ2n) is 6.61. The molecule has 0 unspecified atom stereocenters. The van der Waals surface area contributed by atoms with E-state index in [0.717, 1.165) is 35.4 Å². The smallest absolute Gasteiger partial charge is 0.261 e. The van der Waals surface area contributed by atoms with Crippen LogP contribution in [0.25, 0.3) is 11.0 Å². The molecule has 1 fully saturated rings. The Morgan fingerprint density at radius 1 is 1.20 bits per heavy atom. The summed E-state index contributed by atoms with van der Waals surface area (Å²) in [5.74, 6) is 1.03. The van der Waals surface area contributed by atoms with Crippen molar-refractivity contribution in [3.63, 3.8) is 0 Å². The van der Waals surface area contributed by atoms with E-state index in [2.05, 4.69) is 15.0 Å². The summed E-state index contributed by atoms with van der Waals surface area (Å²) in [5.41, 5.74) is 2.73. The Hall–Kier alpha value is -2.89. The zero-order chi connectivity index (χ0) is 17.4. The number of nitrogens with zero attached hydrogens (tertiary/aromatic N) is 2. The number of fused-ring (bicyclic) bond motifs is 1. The molecule has 0 saturated heterocycles. The van der Waals surface area contributed by atoms with Gasteiger partial charge in [-0.05, 0) is 43.0 Å². The van der Waals surface area contributed by atoms with Crippen LogP contribution in [0.3, 0.4) is 0 Å². The number of likely N-dealkylation sites (N-methyl/N-ethyl adjacent to an activating group) is 1. The molecule has 6 heteroatoms. The van der Waals surface area contributed by atoms with Crippen LogP contribution in [0.5, 0.6) is 0 Å². The quantitative estimate of drug-likeness (QED) is 0.751. The van der Waals surface area contributed by atoms with E-state index in [1.807, 2.05) is 30.3 Å². The highest BCUT2D eigenvalue weighted by atomic mass is 16.2. The molecule has 3 aromatic rings. The Labute approximate surface area is 144 Å². The lowest BCUT2D eigenvalue weighted by Crippen LogP contribution is -2.33. The van der Waals surface area contributed by atoms with Crippen molar-refractivity contribution >= 4 is 16.9 Å². The van der Waals surface area contributed by atoms with E-state index >= 15 is 0 Å². The number of aromatic amines is 2. The van der Waals surface area contributed by atoms with Crippen LogP contribution in [0.4, 0.5) is 0 Å². The van der Waals surface area contributed by atoms with Gasteiger partial charge >= 0.3 is 0 Å². The summed E-state index contributed by atoms with van der Waals surface area (Å²) in [7, 11) is 1.71. The zero-order valence-corrected chi connectivity index (χ0v) is 14.1. The molecule has 2 N–H and O–H groups in total. The molecule has 25 heavy (non-hydrogen) atoms. The van der Waals surface area contributed by atoms with Crippen molar-refractivity contribution in [2.75, 3.05) is 13.6 Å². The summed E-state index contributed by atoms with van der Waals surface area (Å²) in [6.07, 6.45) is 2.83. The van der Waals surface area contributed by atoms with E-state index in [0.29, 0.717) is 18.9 Å². The fraction of sp³-hybridized carbons (Fsp3) is 0.316. The van der Waals surface area contributed by atoms with E-state index in [1.165, 1.54) is 0 Å². The van der Waals surface area contributed by atoms with Crippen molar-refractivity contribution in [1.29, 1.82) is 0 Å².